The van der Waals surface area contributed by atoms with Gasteiger partial charge in [0, 0.05) is 17.4 Å². The summed E-state index contributed by atoms with van der Waals surface area (Å²) in [4.78, 5) is 0. The lowest BCUT2D eigenvalue weighted by Gasteiger charge is -2.02. The fraction of sp³-hybridized carbons (Fsp3) is 0. The Labute approximate surface area is 92.4 Å². The lowest BCUT2D eigenvalue weighted by Crippen LogP contribution is -1.93. The quantitative estimate of drug-likeness (QED) is 0.625. The molecule has 3 aromatic rings. The van der Waals surface area contributed by atoms with Crippen molar-refractivity contribution in [3.63, 3.8) is 0 Å². The van der Waals surface area contributed by atoms with Crippen molar-refractivity contribution in [3.8, 4) is 11.4 Å². The summed E-state index contributed by atoms with van der Waals surface area (Å²) in [7, 11) is 0. The molecule has 0 fully saturated rings. The number of fused-ring (bicyclic) bond motifs is 1. The van der Waals surface area contributed by atoms with Crippen LogP contribution in [0.5, 0.6) is 0 Å². The number of aromatic nitrogens is 3. The van der Waals surface area contributed by atoms with Crippen molar-refractivity contribution in [2.45, 2.75) is 0 Å². The van der Waals surface area contributed by atoms with Gasteiger partial charge in [0.05, 0.1) is 0 Å². The molecule has 2 N–H and O–H groups in total. The number of hydrogen-bond acceptors (Lipinski definition) is 3. The highest BCUT2D eigenvalue weighted by Gasteiger charge is 2.09. The van der Waals surface area contributed by atoms with Gasteiger partial charge in [0.25, 0.3) is 0 Å². The Kier molecular flexibility index (Phi) is 1.86. The first-order chi connectivity index (χ1) is 7.86. The first kappa shape index (κ1) is 8.91. The largest absolute Gasteiger partial charge is 0.398 e. The van der Waals surface area contributed by atoms with E-state index in [9.17, 15) is 0 Å². The molecule has 0 spiro atoms. The van der Waals surface area contributed by atoms with Crippen molar-refractivity contribution < 1.29 is 0 Å². The number of benzene rings is 1. The Hall–Kier alpha value is -2.36. The Morgan fingerprint density at radius 3 is 2.62 bits per heavy atom. The van der Waals surface area contributed by atoms with Crippen molar-refractivity contribution in [2.75, 3.05) is 5.73 Å². The Bertz CT molecular complexity index is 642. The van der Waals surface area contributed by atoms with Crippen molar-refractivity contribution in [1.29, 1.82) is 0 Å². The van der Waals surface area contributed by atoms with Crippen LogP contribution in [0.3, 0.4) is 0 Å². The molecule has 0 aliphatic carbocycles. The van der Waals surface area contributed by atoms with Gasteiger partial charge < -0.3 is 5.73 Å². The number of para-hydroxylation sites is 1. The number of anilines is 1. The zero-order chi connectivity index (χ0) is 11.0. The van der Waals surface area contributed by atoms with Crippen molar-refractivity contribution in [3.05, 3.63) is 48.7 Å². The lowest BCUT2D eigenvalue weighted by atomic mass is 10.2. The van der Waals surface area contributed by atoms with Crippen LogP contribution in [0.4, 0.5) is 5.69 Å². The van der Waals surface area contributed by atoms with E-state index in [1.807, 2.05) is 53.1 Å². The highest BCUT2D eigenvalue weighted by atomic mass is 15.2. The number of nitrogens with two attached hydrogens (primary N) is 1. The van der Waals surface area contributed by atoms with Gasteiger partial charge in [-0.3, -0.25) is 4.40 Å². The maximum atomic E-state index is 5.92. The minimum atomic E-state index is 0.709. The number of pyridine rings is 1. The first-order valence-corrected chi connectivity index (χ1v) is 5.01. The highest BCUT2D eigenvalue weighted by molar-refractivity contribution is 5.72. The van der Waals surface area contributed by atoms with E-state index >= 15 is 0 Å². The molecule has 0 aliphatic heterocycles. The lowest BCUT2D eigenvalue weighted by molar-refractivity contribution is 1.11. The Balaban J connectivity index is 2.31. The van der Waals surface area contributed by atoms with Crippen LogP contribution >= 0.6 is 0 Å². The third-order valence-corrected chi connectivity index (χ3v) is 2.52. The van der Waals surface area contributed by atoms with Crippen molar-refractivity contribution >= 4 is 11.3 Å². The van der Waals surface area contributed by atoms with Gasteiger partial charge in [0.15, 0.2) is 11.5 Å². The van der Waals surface area contributed by atoms with Gasteiger partial charge >= 0.3 is 0 Å². The molecule has 0 saturated heterocycles. The van der Waals surface area contributed by atoms with Crippen LogP contribution < -0.4 is 5.73 Å². The van der Waals surface area contributed by atoms with Crippen molar-refractivity contribution in [2.24, 2.45) is 0 Å². The van der Waals surface area contributed by atoms with Crippen LogP contribution in [0.2, 0.25) is 0 Å². The van der Waals surface area contributed by atoms with E-state index in [1.54, 1.807) is 0 Å². The van der Waals surface area contributed by atoms with Gasteiger partial charge in [-0.15, -0.1) is 10.2 Å². The summed E-state index contributed by atoms with van der Waals surface area (Å²) in [5.41, 5.74) is 8.35. The molecule has 4 nitrogen and oxygen atoms in total. The zero-order valence-corrected chi connectivity index (χ0v) is 8.54. The molecular formula is C12H10N4. The Morgan fingerprint density at radius 1 is 0.938 bits per heavy atom. The summed E-state index contributed by atoms with van der Waals surface area (Å²) in [6.45, 7) is 0. The number of nitrogens with zero attached hydrogens (tertiary/aromatic N) is 3. The molecule has 1 aromatic carbocycles. The molecule has 0 unspecified atom stereocenters. The second-order valence-corrected chi connectivity index (χ2v) is 3.54. The van der Waals surface area contributed by atoms with Gasteiger partial charge in [-0.05, 0) is 24.3 Å². The number of nitrogen functional groups attached to an aromatic ring is 1. The molecule has 3 rings (SSSR count). The van der Waals surface area contributed by atoms with E-state index < -0.39 is 0 Å². The fourth-order valence-corrected chi connectivity index (χ4v) is 1.73. The summed E-state index contributed by atoms with van der Waals surface area (Å²) in [6, 6.07) is 13.4. The molecule has 2 aromatic heterocycles. The Morgan fingerprint density at radius 2 is 1.75 bits per heavy atom. The van der Waals surface area contributed by atoms with Gasteiger partial charge in [-0.1, -0.05) is 18.2 Å². The standard InChI is InChI=1S/C12H10N4/c13-10-6-2-1-5-9(10)12-15-14-11-7-3-4-8-16(11)12/h1-8H,13H2. The molecule has 0 atom stereocenters. The van der Waals surface area contributed by atoms with Gasteiger partial charge in [-0.25, -0.2) is 0 Å². The monoisotopic (exact) mass is 210 g/mol. The van der Waals surface area contributed by atoms with E-state index in [4.69, 9.17) is 5.73 Å². The summed E-state index contributed by atoms with van der Waals surface area (Å²) in [6.07, 6.45) is 1.93. The molecule has 0 bridgehead atoms. The summed E-state index contributed by atoms with van der Waals surface area (Å²) < 4.78 is 1.92. The first-order valence-electron chi connectivity index (χ1n) is 5.01. The minimum Gasteiger partial charge on any atom is -0.398 e. The third kappa shape index (κ3) is 1.24. The number of hydrogen-bond donors (Lipinski definition) is 1. The second kappa shape index (κ2) is 3.34. The molecule has 2 heterocycles. The molecule has 78 valence electrons. The predicted octanol–water partition coefficient (Wildman–Crippen LogP) is 1.98. The normalized spacial score (nSPS) is 10.8. The molecule has 0 aliphatic rings. The summed E-state index contributed by atoms with van der Waals surface area (Å²) in [5, 5.41) is 8.25. The molecule has 16 heavy (non-hydrogen) atoms. The third-order valence-electron chi connectivity index (χ3n) is 2.52. The van der Waals surface area contributed by atoms with E-state index in [1.165, 1.54) is 0 Å². The van der Waals surface area contributed by atoms with Gasteiger partial charge in [0.1, 0.15) is 0 Å². The molecular weight excluding hydrogens is 200 g/mol. The molecule has 4 heteroatoms. The minimum absolute atomic E-state index is 0.709. The van der Waals surface area contributed by atoms with E-state index in [-0.39, 0.29) is 0 Å². The topological polar surface area (TPSA) is 56.2 Å². The van der Waals surface area contributed by atoms with Crippen LogP contribution in [-0.2, 0) is 0 Å². The van der Waals surface area contributed by atoms with Crippen LogP contribution in [-0.4, -0.2) is 14.6 Å². The van der Waals surface area contributed by atoms with Crippen LogP contribution in [0, 0.1) is 0 Å². The fourth-order valence-electron chi connectivity index (χ4n) is 1.73. The molecule has 0 saturated carbocycles. The van der Waals surface area contributed by atoms with Crippen LogP contribution in [0.1, 0.15) is 0 Å². The average Bonchev–Trinajstić information content (AvgIpc) is 2.74. The second-order valence-electron chi connectivity index (χ2n) is 3.54. The number of rotatable bonds is 1. The predicted molar refractivity (Wildman–Crippen MR) is 62.8 cm³/mol. The molecule has 0 radical (unpaired) electrons. The maximum Gasteiger partial charge on any atom is 0.170 e. The van der Waals surface area contributed by atoms with Gasteiger partial charge in [0.2, 0.25) is 0 Å². The van der Waals surface area contributed by atoms with Crippen LogP contribution in [0.15, 0.2) is 48.7 Å². The van der Waals surface area contributed by atoms with Crippen molar-refractivity contribution in [1.82, 2.24) is 14.6 Å². The van der Waals surface area contributed by atoms with E-state index in [0.29, 0.717) is 5.69 Å². The summed E-state index contributed by atoms with van der Waals surface area (Å²) >= 11 is 0. The van der Waals surface area contributed by atoms with Crippen LogP contribution in [0.25, 0.3) is 17.0 Å². The van der Waals surface area contributed by atoms with E-state index in [2.05, 4.69) is 10.2 Å². The highest BCUT2D eigenvalue weighted by Crippen LogP contribution is 2.23. The maximum absolute atomic E-state index is 5.92. The average molecular weight is 210 g/mol. The molecule has 0 amide bonds. The SMILES string of the molecule is Nc1ccccc1-c1nnc2ccccn12. The smallest absolute Gasteiger partial charge is 0.170 e. The van der Waals surface area contributed by atoms with E-state index in [0.717, 1.165) is 17.0 Å². The zero-order valence-electron chi connectivity index (χ0n) is 8.54. The van der Waals surface area contributed by atoms with Gasteiger partial charge in [-0.2, -0.15) is 0 Å². The summed E-state index contributed by atoms with van der Waals surface area (Å²) in [5.74, 6) is 0.772.